The second kappa shape index (κ2) is 4.23. The van der Waals surface area contributed by atoms with Crippen LogP contribution in [0.3, 0.4) is 0 Å². The number of rotatable bonds is 1. The number of hydrogen-bond acceptors (Lipinski definition) is 3. The normalized spacial score (nSPS) is 20.1. The summed E-state index contributed by atoms with van der Waals surface area (Å²) in [5.74, 6) is -0.251. The van der Waals surface area contributed by atoms with Crippen LogP contribution in [-0.4, -0.2) is 19.2 Å². The summed E-state index contributed by atoms with van der Waals surface area (Å²) in [5, 5.41) is 8.82. The molecular weight excluding hydrogens is 204 g/mol. The van der Waals surface area contributed by atoms with E-state index in [0.717, 1.165) is 11.3 Å². The van der Waals surface area contributed by atoms with Crippen LogP contribution >= 0.6 is 0 Å². The monoisotopic (exact) mass is 216 g/mol. The lowest BCUT2D eigenvalue weighted by Crippen LogP contribution is -2.42. The first-order valence-corrected chi connectivity index (χ1v) is 5.11. The number of ether oxygens (including phenoxy) is 1. The number of carbonyl (C=O) groups excluding carboxylic acids is 1. The summed E-state index contributed by atoms with van der Waals surface area (Å²) in [6.45, 7) is 2.58. The van der Waals surface area contributed by atoms with E-state index in [-0.39, 0.29) is 18.6 Å². The molecule has 2 rings (SSSR count). The summed E-state index contributed by atoms with van der Waals surface area (Å²) in [5.41, 5.74) is 1.90. The number of hydrogen-bond donors (Lipinski definition) is 0. The molecule has 16 heavy (non-hydrogen) atoms. The third kappa shape index (κ3) is 1.98. The molecule has 1 aromatic rings. The van der Waals surface area contributed by atoms with Gasteiger partial charge in [-0.25, -0.2) is 4.79 Å². The number of carbonyl (C=O) groups is 1. The second-order valence-corrected chi connectivity index (χ2v) is 3.85. The van der Waals surface area contributed by atoms with Gasteiger partial charge < -0.3 is 4.74 Å². The molecule has 1 saturated heterocycles. The van der Waals surface area contributed by atoms with Crippen molar-refractivity contribution in [1.29, 1.82) is 5.26 Å². The predicted octanol–water partition coefficient (Wildman–Crippen LogP) is 2.09. The molecular formula is C12H12N2O2. The van der Waals surface area contributed by atoms with Crippen molar-refractivity contribution in [3.8, 4) is 6.07 Å². The van der Waals surface area contributed by atoms with E-state index in [4.69, 9.17) is 10.00 Å². The summed E-state index contributed by atoms with van der Waals surface area (Å²) in [4.78, 5) is 13.0. The van der Waals surface area contributed by atoms with Crippen molar-refractivity contribution < 1.29 is 9.53 Å². The fourth-order valence-electron chi connectivity index (χ4n) is 1.61. The summed E-state index contributed by atoms with van der Waals surface area (Å²) in [7, 11) is 0. The molecule has 1 heterocycles. The molecule has 1 aliphatic heterocycles. The minimum atomic E-state index is -0.379. The van der Waals surface area contributed by atoms with Gasteiger partial charge in [-0.2, -0.15) is 5.26 Å². The standard InChI is InChI=1S/C12H12N2O2/c1-9-2-4-11(5-3-9)14-7-10(6-13)8-16-12(14)15/h2-5,10H,7-8H2,1H3. The van der Waals surface area contributed by atoms with Gasteiger partial charge in [0.25, 0.3) is 0 Å². The van der Waals surface area contributed by atoms with Crippen molar-refractivity contribution in [2.75, 3.05) is 18.1 Å². The maximum absolute atomic E-state index is 11.5. The van der Waals surface area contributed by atoms with Crippen molar-refractivity contribution in [1.82, 2.24) is 0 Å². The lowest BCUT2D eigenvalue weighted by atomic mass is 10.1. The Morgan fingerprint density at radius 3 is 2.75 bits per heavy atom. The highest BCUT2D eigenvalue weighted by molar-refractivity contribution is 5.88. The first kappa shape index (κ1) is 10.5. The fraction of sp³-hybridized carbons (Fsp3) is 0.333. The lowest BCUT2D eigenvalue weighted by molar-refractivity contribution is 0.127. The van der Waals surface area contributed by atoms with E-state index in [1.807, 2.05) is 31.2 Å². The SMILES string of the molecule is Cc1ccc(N2CC(C#N)COC2=O)cc1. The van der Waals surface area contributed by atoms with Gasteiger partial charge in [-0.3, -0.25) is 4.90 Å². The minimum absolute atomic E-state index is 0.192. The zero-order valence-corrected chi connectivity index (χ0v) is 9.01. The van der Waals surface area contributed by atoms with Crippen molar-refractivity contribution >= 4 is 11.8 Å². The highest BCUT2D eigenvalue weighted by atomic mass is 16.6. The maximum atomic E-state index is 11.5. The number of nitrogens with zero attached hydrogens (tertiary/aromatic N) is 2. The van der Waals surface area contributed by atoms with Crippen LogP contribution in [0.2, 0.25) is 0 Å². The molecule has 4 heteroatoms. The van der Waals surface area contributed by atoms with E-state index < -0.39 is 0 Å². The number of cyclic esters (lactones) is 1. The zero-order chi connectivity index (χ0) is 11.5. The van der Waals surface area contributed by atoms with Crippen molar-refractivity contribution in [2.45, 2.75) is 6.92 Å². The van der Waals surface area contributed by atoms with Gasteiger partial charge in [0.2, 0.25) is 0 Å². The Kier molecular flexibility index (Phi) is 2.78. The molecule has 0 saturated carbocycles. The Morgan fingerprint density at radius 1 is 1.44 bits per heavy atom. The molecule has 82 valence electrons. The highest BCUT2D eigenvalue weighted by Crippen LogP contribution is 2.20. The van der Waals surface area contributed by atoms with Crippen LogP contribution < -0.4 is 4.90 Å². The van der Waals surface area contributed by atoms with E-state index in [1.165, 1.54) is 4.90 Å². The Bertz CT molecular complexity index is 433. The number of amides is 1. The molecule has 0 radical (unpaired) electrons. The molecule has 1 atom stereocenters. The average molecular weight is 216 g/mol. The van der Waals surface area contributed by atoms with Gasteiger partial charge in [-0.1, -0.05) is 17.7 Å². The summed E-state index contributed by atoms with van der Waals surface area (Å²) in [6.07, 6.45) is -0.379. The van der Waals surface area contributed by atoms with Crippen LogP contribution in [-0.2, 0) is 4.74 Å². The summed E-state index contributed by atoms with van der Waals surface area (Å²) in [6, 6.07) is 9.69. The topological polar surface area (TPSA) is 53.3 Å². The molecule has 1 fully saturated rings. The summed E-state index contributed by atoms with van der Waals surface area (Å²) >= 11 is 0. The average Bonchev–Trinajstić information content (AvgIpc) is 2.31. The zero-order valence-electron chi connectivity index (χ0n) is 9.01. The molecule has 1 aliphatic rings. The van der Waals surface area contributed by atoms with Crippen LogP contribution in [0, 0.1) is 24.2 Å². The van der Waals surface area contributed by atoms with Crippen LogP contribution in [0.25, 0.3) is 0 Å². The quantitative estimate of drug-likeness (QED) is 0.722. The van der Waals surface area contributed by atoms with E-state index in [1.54, 1.807) is 0 Å². The third-order valence-corrected chi connectivity index (χ3v) is 2.56. The predicted molar refractivity (Wildman–Crippen MR) is 59.0 cm³/mol. The number of benzene rings is 1. The third-order valence-electron chi connectivity index (χ3n) is 2.56. The van der Waals surface area contributed by atoms with Gasteiger partial charge in [0, 0.05) is 12.2 Å². The molecule has 4 nitrogen and oxygen atoms in total. The van der Waals surface area contributed by atoms with Gasteiger partial charge in [0.15, 0.2) is 0 Å². The van der Waals surface area contributed by atoms with E-state index in [2.05, 4.69) is 6.07 Å². The molecule has 0 N–H and O–H groups in total. The molecule has 0 spiro atoms. The molecule has 1 amide bonds. The molecule has 0 aromatic heterocycles. The number of nitriles is 1. The first-order valence-electron chi connectivity index (χ1n) is 5.11. The maximum Gasteiger partial charge on any atom is 0.414 e. The van der Waals surface area contributed by atoms with Crippen LogP contribution in [0.4, 0.5) is 10.5 Å². The molecule has 1 aromatic carbocycles. The van der Waals surface area contributed by atoms with E-state index in [9.17, 15) is 4.79 Å². The number of anilines is 1. The van der Waals surface area contributed by atoms with Crippen molar-refractivity contribution in [3.63, 3.8) is 0 Å². The molecule has 0 bridgehead atoms. The van der Waals surface area contributed by atoms with E-state index >= 15 is 0 Å². The Labute approximate surface area is 94.0 Å². The number of aryl methyl sites for hydroxylation is 1. The smallest absolute Gasteiger partial charge is 0.414 e. The minimum Gasteiger partial charge on any atom is -0.448 e. The van der Waals surface area contributed by atoms with E-state index in [0.29, 0.717) is 6.54 Å². The van der Waals surface area contributed by atoms with Gasteiger partial charge in [-0.15, -0.1) is 0 Å². The fourth-order valence-corrected chi connectivity index (χ4v) is 1.61. The van der Waals surface area contributed by atoms with Gasteiger partial charge in [0.1, 0.15) is 6.61 Å². The van der Waals surface area contributed by atoms with Crippen molar-refractivity contribution in [2.24, 2.45) is 5.92 Å². The van der Waals surface area contributed by atoms with Gasteiger partial charge in [-0.05, 0) is 19.1 Å². The lowest BCUT2D eigenvalue weighted by Gasteiger charge is -2.29. The summed E-state index contributed by atoms with van der Waals surface area (Å²) < 4.78 is 4.94. The van der Waals surface area contributed by atoms with Crippen LogP contribution in [0.1, 0.15) is 5.56 Å². The van der Waals surface area contributed by atoms with Gasteiger partial charge >= 0.3 is 6.09 Å². The second-order valence-electron chi connectivity index (χ2n) is 3.85. The molecule has 1 unspecified atom stereocenters. The Balaban J connectivity index is 2.22. The largest absolute Gasteiger partial charge is 0.448 e. The first-order chi connectivity index (χ1) is 7.70. The van der Waals surface area contributed by atoms with Crippen molar-refractivity contribution in [3.05, 3.63) is 29.8 Å². The Hall–Kier alpha value is -2.02. The van der Waals surface area contributed by atoms with Crippen LogP contribution in [0.5, 0.6) is 0 Å². The Morgan fingerprint density at radius 2 is 2.12 bits per heavy atom. The van der Waals surface area contributed by atoms with Crippen LogP contribution in [0.15, 0.2) is 24.3 Å². The molecule has 0 aliphatic carbocycles. The van der Waals surface area contributed by atoms with Gasteiger partial charge in [0.05, 0.1) is 12.0 Å². The highest BCUT2D eigenvalue weighted by Gasteiger charge is 2.27.